The van der Waals surface area contributed by atoms with Gasteiger partial charge in [0.2, 0.25) is 5.95 Å². The lowest BCUT2D eigenvalue weighted by molar-refractivity contribution is 0.0935. The van der Waals surface area contributed by atoms with E-state index >= 15 is 0 Å². The number of rotatable bonds is 7. The SMILES string of the molecule is CC(NC(=O)c1ccnc(NCCc2ccccc2F)n1)c1ccccc1. The molecule has 2 aromatic carbocycles. The quantitative estimate of drug-likeness (QED) is 0.670. The highest BCUT2D eigenvalue weighted by atomic mass is 19.1. The van der Waals surface area contributed by atoms with Crippen molar-refractivity contribution in [2.75, 3.05) is 11.9 Å². The lowest BCUT2D eigenvalue weighted by Gasteiger charge is -2.14. The molecular weight excluding hydrogens is 343 g/mol. The Morgan fingerprint density at radius 3 is 2.59 bits per heavy atom. The Bertz CT molecular complexity index is 901. The second-order valence-corrected chi connectivity index (χ2v) is 6.14. The fraction of sp³-hybridized carbons (Fsp3) is 0.190. The third-order valence-corrected chi connectivity index (χ3v) is 4.17. The van der Waals surface area contributed by atoms with Gasteiger partial charge in [0.25, 0.3) is 5.91 Å². The summed E-state index contributed by atoms with van der Waals surface area (Å²) < 4.78 is 13.6. The maximum absolute atomic E-state index is 13.6. The predicted molar refractivity (Wildman–Crippen MR) is 103 cm³/mol. The molecule has 0 aliphatic rings. The first-order valence-electron chi connectivity index (χ1n) is 8.79. The van der Waals surface area contributed by atoms with Crippen LogP contribution in [0.1, 0.15) is 34.6 Å². The molecule has 0 saturated heterocycles. The van der Waals surface area contributed by atoms with Crippen LogP contribution in [0.2, 0.25) is 0 Å². The Morgan fingerprint density at radius 2 is 1.81 bits per heavy atom. The van der Waals surface area contributed by atoms with Gasteiger partial charge in [-0.15, -0.1) is 0 Å². The first kappa shape index (κ1) is 18.5. The number of amides is 1. The molecule has 0 radical (unpaired) electrons. The van der Waals surface area contributed by atoms with Crippen molar-refractivity contribution in [3.8, 4) is 0 Å². The van der Waals surface area contributed by atoms with E-state index in [9.17, 15) is 9.18 Å². The number of hydrogen-bond donors (Lipinski definition) is 2. The Balaban J connectivity index is 1.58. The molecule has 0 spiro atoms. The van der Waals surface area contributed by atoms with Gasteiger partial charge in [-0.2, -0.15) is 0 Å². The number of nitrogens with zero attached hydrogens (tertiary/aromatic N) is 2. The first-order chi connectivity index (χ1) is 13.1. The van der Waals surface area contributed by atoms with Gasteiger partial charge in [0.05, 0.1) is 6.04 Å². The van der Waals surface area contributed by atoms with Crippen molar-refractivity contribution in [1.82, 2.24) is 15.3 Å². The lowest BCUT2D eigenvalue weighted by Crippen LogP contribution is -2.27. The van der Waals surface area contributed by atoms with Crippen molar-refractivity contribution >= 4 is 11.9 Å². The molecule has 1 aromatic heterocycles. The predicted octanol–water partition coefficient (Wildman–Crippen LogP) is 3.76. The van der Waals surface area contributed by atoms with Crippen molar-refractivity contribution in [1.29, 1.82) is 0 Å². The minimum Gasteiger partial charge on any atom is -0.354 e. The number of halogens is 1. The number of hydrogen-bond acceptors (Lipinski definition) is 4. The van der Waals surface area contributed by atoms with Gasteiger partial charge in [0.1, 0.15) is 11.5 Å². The maximum atomic E-state index is 13.6. The molecule has 0 aliphatic carbocycles. The van der Waals surface area contributed by atoms with Crippen molar-refractivity contribution in [3.05, 3.63) is 89.5 Å². The number of nitrogens with one attached hydrogen (secondary N) is 2. The van der Waals surface area contributed by atoms with Gasteiger partial charge in [-0.05, 0) is 36.6 Å². The summed E-state index contributed by atoms with van der Waals surface area (Å²) in [5, 5.41) is 5.95. The minimum atomic E-state index is -0.272. The number of aromatic nitrogens is 2. The number of carbonyl (C=O) groups excluding carboxylic acids is 1. The van der Waals surface area contributed by atoms with Gasteiger partial charge < -0.3 is 10.6 Å². The van der Waals surface area contributed by atoms with Crippen molar-refractivity contribution in [3.63, 3.8) is 0 Å². The van der Waals surface area contributed by atoms with E-state index in [1.807, 2.05) is 37.3 Å². The highest BCUT2D eigenvalue weighted by molar-refractivity contribution is 5.92. The van der Waals surface area contributed by atoms with Gasteiger partial charge in [0, 0.05) is 12.7 Å². The summed E-state index contributed by atoms with van der Waals surface area (Å²) in [5.74, 6) is -0.166. The lowest BCUT2D eigenvalue weighted by atomic mass is 10.1. The molecule has 0 saturated carbocycles. The van der Waals surface area contributed by atoms with E-state index in [2.05, 4.69) is 20.6 Å². The van der Waals surface area contributed by atoms with Gasteiger partial charge in [-0.3, -0.25) is 4.79 Å². The molecule has 3 aromatic rings. The summed E-state index contributed by atoms with van der Waals surface area (Å²) >= 11 is 0. The van der Waals surface area contributed by atoms with Gasteiger partial charge in [-0.1, -0.05) is 48.5 Å². The standard InChI is InChI=1S/C21H21FN4O/c1-15(16-7-3-2-4-8-16)25-20(27)19-12-14-24-21(26-19)23-13-11-17-9-5-6-10-18(17)22/h2-10,12,14-15H,11,13H2,1H3,(H,25,27)(H,23,24,26). The van der Waals surface area contributed by atoms with E-state index in [4.69, 9.17) is 0 Å². The molecule has 0 fully saturated rings. The Hall–Kier alpha value is -3.28. The van der Waals surface area contributed by atoms with Gasteiger partial charge in [-0.25, -0.2) is 14.4 Å². The Labute approximate surface area is 157 Å². The molecule has 27 heavy (non-hydrogen) atoms. The van der Waals surface area contributed by atoms with Crippen LogP contribution in [0.5, 0.6) is 0 Å². The maximum Gasteiger partial charge on any atom is 0.270 e. The molecule has 3 rings (SSSR count). The van der Waals surface area contributed by atoms with Crippen molar-refractivity contribution < 1.29 is 9.18 Å². The average molecular weight is 364 g/mol. The summed E-state index contributed by atoms with van der Waals surface area (Å²) in [6, 6.07) is 17.8. The third kappa shape index (κ3) is 5.10. The highest BCUT2D eigenvalue weighted by Crippen LogP contribution is 2.12. The van der Waals surface area contributed by atoms with E-state index in [1.54, 1.807) is 24.3 Å². The summed E-state index contributed by atoms with van der Waals surface area (Å²) in [5.41, 5.74) is 1.92. The molecule has 0 aliphatic heterocycles. The summed E-state index contributed by atoms with van der Waals surface area (Å²) in [6.07, 6.45) is 2.03. The second-order valence-electron chi connectivity index (χ2n) is 6.14. The fourth-order valence-electron chi connectivity index (χ4n) is 2.68. The molecule has 1 amide bonds. The number of benzene rings is 2. The zero-order valence-corrected chi connectivity index (χ0v) is 15.0. The average Bonchev–Trinajstić information content (AvgIpc) is 2.70. The molecule has 0 bridgehead atoms. The highest BCUT2D eigenvalue weighted by Gasteiger charge is 2.13. The van der Waals surface area contributed by atoms with Crippen LogP contribution in [0.25, 0.3) is 0 Å². The van der Waals surface area contributed by atoms with Gasteiger partial charge in [0.15, 0.2) is 0 Å². The van der Waals surface area contributed by atoms with Crippen LogP contribution in [-0.2, 0) is 6.42 Å². The topological polar surface area (TPSA) is 66.9 Å². The Kier molecular flexibility index (Phi) is 6.10. The van der Waals surface area contributed by atoms with Gasteiger partial charge >= 0.3 is 0 Å². The van der Waals surface area contributed by atoms with Crippen LogP contribution in [0.15, 0.2) is 66.9 Å². The van der Waals surface area contributed by atoms with Crippen LogP contribution in [-0.4, -0.2) is 22.4 Å². The van der Waals surface area contributed by atoms with Crippen molar-refractivity contribution in [2.45, 2.75) is 19.4 Å². The smallest absolute Gasteiger partial charge is 0.270 e. The molecule has 1 atom stereocenters. The van der Waals surface area contributed by atoms with E-state index in [0.29, 0.717) is 24.5 Å². The zero-order valence-electron chi connectivity index (χ0n) is 15.0. The molecule has 138 valence electrons. The number of anilines is 1. The largest absolute Gasteiger partial charge is 0.354 e. The number of carbonyl (C=O) groups is 1. The second kappa shape index (κ2) is 8.89. The summed E-state index contributed by atoms with van der Waals surface area (Å²) in [4.78, 5) is 20.8. The normalized spacial score (nSPS) is 11.6. The van der Waals surface area contributed by atoms with Crippen LogP contribution < -0.4 is 10.6 Å². The zero-order chi connectivity index (χ0) is 19.1. The van der Waals surface area contributed by atoms with Crippen LogP contribution in [0.4, 0.5) is 10.3 Å². The summed E-state index contributed by atoms with van der Waals surface area (Å²) in [7, 11) is 0. The minimum absolute atomic E-state index is 0.133. The van der Waals surface area contributed by atoms with E-state index in [-0.39, 0.29) is 23.5 Å². The fourth-order valence-corrected chi connectivity index (χ4v) is 2.68. The molecule has 1 unspecified atom stereocenters. The molecular formula is C21H21FN4O. The van der Waals surface area contributed by atoms with Crippen LogP contribution in [0, 0.1) is 5.82 Å². The molecule has 6 heteroatoms. The molecule has 1 heterocycles. The van der Waals surface area contributed by atoms with E-state index < -0.39 is 0 Å². The first-order valence-corrected chi connectivity index (χ1v) is 8.79. The third-order valence-electron chi connectivity index (χ3n) is 4.17. The Morgan fingerprint density at radius 1 is 1.07 bits per heavy atom. The van der Waals surface area contributed by atoms with E-state index in [0.717, 1.165) is 5.56 Å². The van der Waals surface area contributed by atoms with Crippen LogP contribution in [0.3, 0.4) is 0 Å². The van der Waals surface area contributed by atoms with E-state index in [1.165, 1.54) is 12.3 Å². The summed E-state index contributed by atoms with van der Waals surface area (Å²) in [6.45, 7) is 2.38. The van der Waals surface area contributed by atoms with Crippen LogP contribution >= 0.6 is 0 Å². The monoisotopic (exact) mass is 364 g/mol. The molecule has 5 nitrogen and oxygen atoms in total. The van der Waals surface area contributed by atoms with Crippen molar-refractivity contribution in [2.24, 2.45) is 0 Å². The molecule has 2 N–H and O–H groups in total.